The zero-order valence-electron chi connectivity index (χ0n) is 12.8. The molecule has 0 aromatic heterocycles. The van der Waals surface area contributed by atoms with Gasteiger partial charge in [-0.25, -0.2) is 5.43 Å². The first kappa shape index (κ1) is 16.8. The molecule has 7 heteroatoms. The molecule has 0 heterocycles. The molecular weight excluding hydrogens is 386 g/mol. The van der Waals surface area contributed by atoms with Gasteiger partial charge >= 0.3 is 0 Å². The molecule has 6 nitrogen and oxygen atoms in total. The molecule has 0 bridgehead atoms. The molecular formula is C18H12BrN3O3. The number of carbonyl (C=O) groups is 1. The topological polar surface area (TPSA) is 84.6 Å². The Morgan fingerprint density at radius 2 is 1.84 bits per heavy atom. The number of benzene rings is 3. The molecule has 124 valence electrons. The highest BCUT2D eigenvalue weighted by atomic mass is 79.9. The van der Waals surface area contributed by atoms with Crippen LogP contribution in [0.3, 0.4) is 0 Å². The highest BCUT2D eigenvalue weighted by molar-refractivity contribution is 9.10. The van der Waals surface area contributed by atoms with Crippen LogP contribution in [0.2, 0.25) is 0 Å². The molecule has 0 spiro atoms. The van der Waals surface area contributed by atoms with Crippen molar-refractivity contribution in [2.24, 2.45) is 5.10 Å². The van der Waals surface area contributed by atoms with Crippen molar-refractivity contribution >= 4 is 44.5 Å². The number of fused-ring (bicyclic) bond motifs is 1. The number of hydrazone groups is 1. The zero-order valence-corrected chi connectivity index (χ0v) is 14.4. The SMILES string of the molecule is O=C(N/N=C\c1ccc([N+](=O)[O-])cc1Br)c1ccc2ccccc2c1. The van der Waals surface area contributed by atoms with E-state index in [1.165, 1.54) is 18.3 Å². The van der Waals surface area contributed by atoms with Crippen molar-refractivity contribution in [1.29, 1.82) is 0 Å². The molecule has 0 unspecified atom stereocenters. The van der Waals surface area contributed by atoms with E-state index >= 15 is 0 Å². The zero-order chi connectivity index (χ0) is 17.8. The Morgan fingerprint density at radius 3 is 2.56 bits per heavy atom. The summed E-state index contributed by atoms with van der Waals surface area (Å²) in [5.41, 5.74) is 3.54. The van der Waals surface area contributed by atoms with Gasteiger partial charge in [-0.3, -0.25) is 14.9 Å². The number of hydrogen-bond acceptors (Lipinski definition) is 4. The Kier molecular flexibility index (Phi) is 4.85. The van der Waals surface area contributed by atoms with Gasteiger partial charge in [0.05, 0.1) is 11.1 Å². The highest BCUT2D eigenvalue weighted by Gasteiger charge is 2.08. The molecule has 3 rings (SSSR count). The maximum Gasteiger partial charge on any atom is 0.271 e. The van der Waals surface area contributed by atoms with E-state index in [9.17, 15) is 14.9 Å². The van der Waals surface area contributed by atoms with Gasteiger partial charge in [0.2, 0.25) is 0 Å². The van der Waals surface area contributed by atoms with Crippen LogP contribution in [0.15, 0.2) is 70.2 Å². The first-order valence-corrected chi connectivity index (χ1v) is 8.10. The largest absolute Gasteiger partial charge is 0.271 e. The number of nitrogens with zero attached hydrogens (tertiary/aromatic N) is 2. The van der Waals surface area contributed by atoms with E-state index in [2.05, 4.69) is 26.5 Å². The molecule has 0 atom stereocenters. The molecule has 0 aliphatic carbocycles. The van der Waals surface area contributed by atoms with E-state index in [0.29, 0.717) is 15.6 Å². The molecule has 25 heavy (non-hydrogen) atoms. The summed E-state index contributed by atoms with van der Waals surface area (Å²) in [6, 6.07) is 17.5. The lowest BCUT2D eigenvalue weighted by molar-refractivity contribution is -0.384. The first-order chi connectivity index (χ1) is 12.0. The van der Waals surface area contributed by atoms with Gasteiger partial charge in [0, 0.05) is 27.7 Å². The van der Waals surface area contributed by atoms with Crippen LogP contribution in [0.4, 0.5) is 5.69 Å². The molecule has 3 aromatic carbocycles. The summed E-state index contributed by atoms with van der Waals surface area (Å²) in [5, 5.41) is 16.6. The summed E-state index contributed by atoms with van der Waals surface area (Å²) >= 11 is 3.25. The number of carbonyl (C=O) groups excluding carboxylic acids is 1. The summed E-state index contributed by atoms with van der Waals surface area (Å²) in [6.07, 6.45) is 1.42. The van der Waals surface area contributed by atoms with Crippen LogP contribution in [0, 0.1) is 10.1 Å². The number of hydrogen-bond donors (Lipinski definition) is 1. The number of nitro benzene ring substituents is 1. The lowest BCUT2D eigenvalue weighted by Gasteiger charge is -2.03. The molecule has 3 aromatic rings. The second-order valence-electron chi connectivity index (χ2n) is 5.22. The Bertz CT molecular complexity index is 1000. The van der Waals surface area contributed by atoms with Crippen LogP contribution in [0.1, 0.15) is 15.9 Å². The second-order valence-corrected chi connectivity index (χ2v) is 6.08. The summed E-state index contributed by atoms with van der Waals surface area (Å²) in [6.45, 7) is 0. The van der Waals surface area contributed by atoms with Crippen LogP contribution in [-0.4, -0.2) is 17.0 Å². The van der Waals surface area contributed by atoms with Gasteiger partial charge in [-0.15, -0.1) is 0 Å². The maximum atomic E-state index is 12.2. The molecule has 0 radical (unpaired) electrons. The quantitative estimate of drug-likeness (QED) is 0.405. The lowest BCUT2D eigenvalue weighted by Crippen LogP contribution is -2.17. The van der Waals surface area contributed by atoms with Gasteiger partial charge in [0.15, 0.2) is 0 Å². The van der Waals surface area contributed by atoms with E-state index in [4.69, 9.17) is 0 Å². The molecule has 0 aliphatic heterocycles. The van der Waals surface area contributed by atoms with Crippen molar-refractivity contribution in [3.8, 4) is 0 Å². The van der Waals surface area contributed by atoms with Crippen molar-refractivity contribution in [3.63, 3.8) is 0 Å². The van der Waals surface area contributed by atoms with Crippen LogP contribution in [-0.2, 0) is 0 Å². The van der Waals surface area contributed by atoms with Gasteiger partial charge in [-0.2, -0.15) is 5.10 Å². The van der Waals surface area contributed by atoms with Crippen LogP contribution in [0.5, 0.6) is 0 Å². The van der Waals surface area contributed by atoms with Gasteiger partial charge in [0.25, 0.3) is 11.6 Å². The Hall–Kier alpha value is -3.06. The molecule has 0 saturated heterocycles. The number of rotatable bonds is 4. The number of amides is 1. The first-order valence-electron chi connectivity index (χ1n) is 7.31. The summed E-state index contributed by atoms with van der Waals surface area (Å²) < 4.78 is 0.519. The molecule has 1 N–H and O–H groups in total. The van der Waals surface area contributed by atoms with Gasteiger partial charge in [-0.1, -0.05) is 30.3 Å². The average Bonchev–Trinajstić information content (AvgIpc) is 2.62. The van der Waals surface area contributed by atoms with E-state index < -0.39 is 4.92 Å². The minimum atomic E-state index is -0.479. The minimum absolute atomic E-state index is 0.0239. The predicted molar refractivity (Wildman–Crippen MR) is 99.8 cm³/mol. The lowest BCUT2D eigenvalue weighted by atomic mass is 10.1. The predicted octanol–water partition coefficient (Wildman–Crippen LogP) is 4.27. The summed E-state index contributed by atoms with van der Waals surface area (Å²) in [5.74, 6) is -0.333. The molecule has 1 amide bonds. The van der Waals surface area contributed by atoms with Crippen molar-refractivity contribution in [3.05, 3.63) is 86.4 Å². The fourth-order valence-corrected chi connectivity index (χ4v) is 2.76. The third-order valence-corrected chi connectivity index (χ3v) is 4.26. The Balaban J connectivity index is 1.72. The standard InChI is InChI=1S/C18H12BrN3O3/c19-17-10-16(22(24)25)8-7-15(17)11-20-21-18(23)14-6-5-12-3-1-2-4-13(12)9-14/h1-11H,(H,21,23)/b20-11-. The summed E-state index contributed by atoms with van der Waals surface area (Å²) in [4.78, 5) is 22.4. The van der Waals surface area contributed by atoms with Crippen LogP contribution < -0.4 is 5.43 Å². The number of non-ortho nitro benzene ring substituents is 1. The van der Waals surface area contributed by atoms with E-state index in [0.717, 1.165) is 10.8 Å². The molecule has 0 aliphatic rings. The van der Waals surface area contributed by atoms with E-state index in [1.54, 1.807) is 18.2 Å². The van der Waals surface area contributed by atoms with Gasteiger partial charge < -0.3 is 0 Å². The highest BCUT2D eigenvalue weighted by Crippen LogP contribution is 2.21. The van der Waals surface area contributed by atoms with Gasteiger partial charge in [-0.05, 0) is 44.9 Å². The second kappa shape index (κ2) is 7.23. The van der Waals surface area contributed by atoms with Crippen molar-refractivity contribution in [2.75, 3.05) is 0 Å². The number of halogens is 1. The third-order valence-electron chi connectivity index (χ3n) is 3.58. The number of nitro groups is 1. The van der Waals surface area contributed by atoms with Crippen LogP contribution in [0.25, 0.3) is 10.8 Å². The molecule has 0 saturated carbocycles. The van der Waals surface area contributed by atoms with Crippen molar-refractivity contribution in [1.82, 2.24) is 5.43 Å². The summed E-state index contributed by atoms with van der Waals surface area (Å²) in [7, 11) is 0. The van der Waals surface area contributed by atoms with Gasteiger partial charge in [0.1, 0.15) is 0 Å². The van der Waals surface area contributed by atoms with E-state index in [-0.39, 0.29) is 11.6 Å². The Morgan fingerprint density at radius 1 is 1.08 bits per heavy atom. The van der Waals surface area contributed by atoms with Crippen molar-refractivity contribution < 1.29 is 9.72 Å². The maximum absolute atomic E-state index is 12.2. The normalized spacial score (nSPS) is 10.9. The van der Waals surface area contributed by atoms with Crippen LogP contribution >= 0.6 is 15.9 Å². The monoisotopic (exact) mass is 397 g/mol. The number of nitrogens with one attached hydrogen (secondary N) is 1. The fourth-order valence-electron chi connectivity index (χ4n) is 2.29. The minimum Gasteiger partial charge on any atom is -0.267 e. The fraction of sp³-hybridized carbons (Fsp3) is 0. The molecule has 0 fully saturated rings. The smallest absolute Gasteiger partial charge is 0.267 e. The third kappa shape index (κ3) is 3.89. The van der Waals surface area contributed by atoms with E-state index in [1.807, 2.05) is 30.3 Å². The van der Waals surface area contributed by atoms with Crippen molar-refractivity contribution in [2.45, 2.75) is 0 Å². The Labute approximate surface area is 151 Å². The average molecular weight is 398 g/mol.